The molecule has 6 N–H and O–H groups in total. The molecular formula is C65H121NO8. The van der Waals surface area contributed by atoms with Crippen molar-refractivity contribution in [3.8, 4) is 0 Å². The predicted octanol–water partition coefficient (Wildman–Crippen LogP) is 16.5. The molecule has 0 saturated carbocycles. The van der Waals surface area contributed by atoms with Crippen molar-refractivity contribution in [3.05, 3.63) is 48.6 Å². The molecule has 0 aromatic heterocycles. The Kier molecular flexibility index (Phi) is 51.7. The van der Waals surface area contributed by atoms with Crippen molar-refractivity contribution < 1.29 is 39.8 Å². The topological polar surface area (TPSA) is 149 Å². The molecule has 7 atom stereocenters. The highest BCUT2D eigenvalue weighted by Gasteiger charge is 2.44. The Bertz CT molecular complexity index is 1300. The largest absolute Gasteiger partial charge is 0.394 e. The van der Waals surface area contributed by atoms with E-state index in [2.05, 4.69) is 55.6 Å². The normalized spacial score (nSPS) is 19.3. The fourth-order valence-corrected chi connectivity index (χ4v) is 10.1. The highest BCUT2D eigenvalue weighted by atomic mass is 16.7. The van der Waals surface area contributed by atoms with E-state index >= 15 is 0 Å². The summed E-state index contributed by atoms with van der Waals surface area (Å²) in [6.45, 7) is 3.75. The molecule has 0 aliphatic carbocycles. The van der Waals surface area contributed by atoms with Crippen LogP contribution < -0.4 is 5.32 Å². The molecule has 0 radical (unpaired) electrons. The van der Waals surface area contributed by atoms with Crippen molar-refractivity contribution in [2.45, 2.75) is 346 Å². The highest BCUT2D eigenvalue weighted by molar-refractivity contribution is 5.76. The standard InChI is InChI=1S/C65H121NO8/c1-3-5-7-9-11-13-15-17-18-19-20-21-22-23-24-25-26-27-28-29-30-31-32-33-34-35-36-37-38-39-40-41-42-43-45-47-49-51-53-55-61(69)66-58(57-73-65-64(72)63(71)62(70)60(56-67)74-65)59(68)54-52-50-48-46-44-16-14-12-10-8-6-4-2/h15,17,19-20,44,46,52,54,58-60,62-65,67-68,70-72H,3-14,16,18,21-43,45,47-51,53,55-57H2,1-2H3,(H,66,69)/b17-15-,20-19-,46-44+,54-52+. The lowest BCUT2D eigenvalue weighted by atomic mass is 9.99. The van der Waals surface area contributed by atoms with Crippen LogP contribution in [0, 0.1) is 0 Å². The maximum Gasteiger partial charge on any atom is 0.220 e. The number of rotatable bonds is 55. The van der Waals surface area contributed by atoms with E-state index in [1.807, 2.05) is 6.08 Å². The van der Waals surface area contributed by atoms with Gasteiger partial charge in [0.1, 0.15) is 24.4 Å². The molecule has 1 fully saturated rings. The molecule has 7 unspecified atom stereocenters. The number of nitrogens with one attached hydrogen (secondary N) is 1. The Hall–Kier alpha value is -1.85. The molecular weight excluding hydrogens is 923 g/mol. The van der Waals surface area contributed by atoms with Gasteiger partial charge in [0, 0.05) is 6.42 Å². The van der Waals surface area contributed by atoms with Crippen LogP contribution in [0.3, 0.4) is 0 Å². The molecule has 9 nitrogen and oxygen atoms in total. The molecule has 1 heterocycles. The van der Waals surface area contributed by atoms with Crippen molar-refractivity contribution in [3.63, 3.8) is 0 Å². The molecule has 1 saturated heterocycles. The molecule has 0 bridgehead atoms. The molecule has 0 aromatic rings. The second kappa shape index (κ2) is 54.5. The lowest BCUT2D eigenvalue weighted by molar-refractivity contribution is -0.302. The van der Waals surface area contributed by atoms with Crippen LogP contribution in [0.1, 0.15) is 303 Å². The van der Waals surface area contributed by atoms with Crippen molar-refractivity contribution >= 4 is 5.91 Å². The van der Waals surface area contributed by atoms with Gasteiger partial charge in [-0.1, -0.05) is 281 Å². The molecule has 434 valence electrons. The minimum Gasteiger partial charge on any atom is -0.394 e. The van der Waals surface area contributed by atoms with Crippen molar-refractivity contribution in [2.24, 2.45) is 0 Å². The Morgan fingerprint density at radius 1 is 0.459 bits per heavy atom. The van der Waals surface area contributed by atoms with Crippen LogP contribution in [0.15, 0.2) is 48.6 Å². The molecule has 74 heavy (non-hydrogen) atoms. The van der Waals surface area contributed by atoms with Gasteiger partial charge < -0.3 is 40.3 Å². The zero-order valence-corrected chi connectivity index (χ0v) is 48.4. The summed E-state index contributed by atoms with van der Waals surface area (Å²) in [5, 5.41) is 54.4. The van der Waals surface area contributed by atoms with Gasteiger partial charge in [0.25, 0.3) is 0 Å². The summed E-state index contributed by atoms with van der Waals surface area (Å²) in [5.41, 5.74) is 0. The minimum absolute atomic E-state index is 0.183. The number of amides is 1. The van der Waals surface area contributed by atoms with Gasteiger partial charge in [0.05, 0.1) is 25.4 Å². The fourth-order valence-electron chi connectivity index (χ4n) is 10.1. The summed E-state index contributed by atoms with van der Waals surface area (Å²) in [6, 6.07) is -0.819. The van der Waals surface area contributed by atoms with Gasteiger partial charge in [-0.3, -0.25) is 4.79 Å². The third-order valence-corrected chi connectivity index (χ3v) is 15.1. The Morgan fingerprint density at radius 3 is 1.22 bits per heavy atom. The highest BCUT2D eigenvalue weighted by Crippen LogP contribution is 2.23. The molecule has 1 amide bonds. The number of ether oxygens (including phenoxy) is 2. The van der Waals surface area contributed by atoms with Gasteiger partial charge in [0.15, 0.2) is 6.29 Å². The number of aliphatic hydroxyl groups is 5. The molecule has 1 aliphatic heterocycles. The Morgan fingerprint density at radius 2 is 0.811 bits per heavy atom. The number of hydrogen-bond donors (Lipinski definition) is 6. The fraction of sp³-hybridized carbons (Fsp3) is 0.862. The van der Waals surface area contributed by atoms with E-state index in [4.69, 9.17) is 9.47 Å². The average molecular weight is 1040 g/mol. The zero-order valence-electron chi connectivity index (χ0n) is 48.4. The van der Waals surface area contributed by atoms with Crippen LogP contribution in [0.4, 0.5) is 0 Å². The number of unbranched alkanes of at least 4 members (excludes halogenated alkanes) is 39. The quantitative estimate of drug-likeness (QED) is 0.0261. The second-order valence-electron chi connectivity index (χ2n) is 22.2. The number of carbonyl (C=O) groups excluding carboxylic acids is 1. The molecule has 0 aromatic carbocycles. The van der Waals surface area contributed by atoms with E-state index in [1.54, 1.807) is 6.08 Å². The van der Waals surface area contributed by atoms with Gasteiger partial charge in [0.2, 0.25) is 5.91 Å². The summed E-state index contributed by atoms with van der Waals surface area (Å²) in [4.78, 5) is 13.0. The van der Waals surface area contributed by atoms with Crippen LogP contribution >= 0.6 is 0 Å². The molecule has 0 spiro atoms. The molecule has 1 aliphatic rings. The van der Waals surface area contributed by atoms with Gasteiger partial charge in [-0.2, -0.15) is 0 Å². The number of aliphatic hydroxyl groups excluding tert-OH is 5. The number of hydrogen-bond acceptors (Lipinski definition) is 8. The first-order chi connectivity index (χ1) is 36.3. The monoisotopic (exact) mass is 1040 g/mol. The van der Waals surface area contributed by atoms with E-state index in [0.29, 0.717) is 6.42 Å². The maximum absolute atomic E-state index is 13.0. The Balaban J connectivity index is 2.02. The zero-order chi connectivity index (χ0) is 53.6. The van der Waals surface area contributed by atoms with E-state index in [9.17, 15) is 30.3 Å². The summed E-state index contributed by atoms with van der Waals surface area (Å²) in [7, 11) is 0. The van der Waals surface area contributed by atoms with Crippen LogP contribution in [-0.2, 0) is 14.3 Å². The summed E-state index contributed by atoms with van der Waals surface area (Å²) >= 11 is 0. The van der Waals surface area contributed by atoms with Gasteiger partial charge in [-0.15, -0.1) is 0 Å². The van der Waals surface area contributed by atoms with E-state index in [0.717, 1.165) is 44.9 Å². The summed E-state index contributed by atoms with van der Waals surface area (Å²) in [6.07, 6.45) is 66.6. The maximum atomic E-state index is 13.0. The third-order valence-electron chi connectivity index (χ3n) is 15.1. The van der Waals surface area contributed by atoms with Crippen molar-refractivity contribution in [1.29, 1.82) is 0 Å². The first kappa shape index (κ1) is 70.2. The average Bonchev–Trinajstić information content (AvgIpc) is 3.40. The first-order valence-corrected chi connectivity index (χ1v) is 31.9. The first-order valence-electron chi connectivity index (χ1n) is 31.9. The van der Waals surface area contributed by atoms with Gasteiger partial charge in [-0.25, -0.2) is 0 Å². The lowest BCUT2D eigenvalue weighted by Crippen LogP contribution is -2.60. The summed E-state index contributed by atoms with van der Waals surface area (Å²) in [5.74, 6) is -0.183. The van der Waals surface area contributed by atoms with E-state index < -0.39 is 49.5 Å². The lowest BCUT2D eigenvalue weighted by Gasteiger charge is -2.40. The van der Waals surface area contributed by atoms with Gasteiger partial charge in [-0.05, 0) is 64.2 Å². The minimum atomic E-state index is -1.57. The van der Waals surface area contributed by atoms with Gasteiger partial charge >= 0.3 is 0 Å². The second-order valence-corrected chi connectivity index (χ2v) is 22.2. The van der Waals surface area contributed by atoms with Crippen LogP contribution in [0.25, 0.3) is 0 Å². The predicted molar refractivity (Wildman–Crippen MR) is 313 cm³/mol. The number of allylic oxidation sites excluding steroid dienone is 7. The van der Waals surface area contributed by atoms with Crippen LogP contribution in [-0.4, -0.2) is 87.5 Å². The van der Waals surface area contributed by atoms with E-state index in [1.165, 1.54) is 238 Å². The van der Waals surface area contributed by atoms with Crippen molar-refractivity contribution in [2.75, 3.05) is 13.2 Å². The third kappa shape index (κ3) is 43.2. The Labute approximate surface area is 456 Å². The van der Waals surface area contributed by atoms with E-state index in [-0.39, 0.29) is 12.5 Å². The summed E-state index contributed by atoms with van der Waals surface area (Å²) < 4.78 is 11.2. The smallest absolute Gasteiger partial charge is 0.220 e. The van der Waals surface area contributed by atoms with Crippen molar-refractivity contribution in [1.82, 2.24) is 5.32 Å². The molecule has 1 rings (SSSR count). The van der Waals surface area contributed by atoms with Crippen LogP contribution in [0.5, 0.6) is 0 Å². The SMILES string of the molecule is CCCCCCC/C=C\C/C=C\CCCCCCCCCCCCCCCCCCCCCCCCCCCCCC(=O)NC(COC1OC(CO)C(O)C(O)C1O)C(O)/C=C/CC/C=C/CCCCCCCC. The van der Waals surface area contributed by atoms with Crippen LogP contribution in [0.2, 0.25) is 0 Å². The molecule has 9 heteroatoms. The number of carbonyl (C=O) groups is 1.